The first-order valence-corrected chi connectivity index (χ1v) is 13.1. The number of aliphatic hydroxyl groups is 1. The smallest absolute Gasteiger partial charge is 1.00 e. The first-order valence-electron chi connectivity index (χ1n) is 13.1. The number of hydrogen-bond acceptors (Lipinski definition) is 6. The molecule has 2 aliphatic rings. The maximum Gasteiger partial charge on any atom is 2.00 e. The van der Waals surface area contributed by atoms with Gasteiger partial charge in [-0.05, 0) is 46.0 Å². The number of aliphatic carboxylic acids is 1. The van der Waals surface area contributed by atoms with E-state index in [1.807, 2.05) is 0 Å². The van der Waals surface area contributed by atoms with Crippen molar-refractivity contribution in [3.05, 3.63) is 23.5 Å². The number of allylic oxidation sites excluding steroid dienone is 2. The third-order valence-corrected chi connectivity index (χ3v) is 6.55. The Balaban J connectivity index is 0. The quantitative estimate of drug-likeness (QED) is 0.103. The van der Waals surface area contributed by atoms with Crippen molar-refractivity contribution in [3.8, 4) is 0 Å². The van der Waals surface area contributed by atoms with Gasteiger partial charge in [0, 0.05) is 5.57 Å². The van der Waals surface area contributed by atoms with Crippen molar-refractivity contribution < 1.29 is 36.9 Å². The molecule has 3 atom stereocenters. The van der Waals surface area contributed by atoms with Gasteiger partial charge in [0.15, 0.2) is 11.9 Å². The van der Waals surface area contributed by atoms with Crippen LogP contribution in [0.15, 0.2) is 23.5 Å². The van der Waals surface area contributed by atoms with Gasteiger partial charge in [0.25, 0.3) is 0 Å². The van der Waals surface area contributed by atoms with Crippen LogP contribution in [0.2, 0.25) is 0 Å². The molecule has 0 amide bonds. The molecular weight excluding hydrogens is 476 g/mol. The number of carbonyl (C=O) groups excluding carboxylic acids is 1. The van der Waals surface area contributed by atoms with Gasteiger partial charge < -0.3 is 27.3 Å². The van der Waals surface area contributed by atoms with Gasteiger partial charge in [0.2, 0.25) is 5.76 Å². The zero-order chi connectivity index (χ0) is 25.0. The molecule has 0 spiro atoms. The van der Waals surface area contributed by atoms with E-state index < -0.39 is 41.6 Å². The van der Waals surface area contributed by atoms with Crippen LogP contribution >= 0.6 is 0 Å². The van der Waals surface area contributed by atoms with E-state index in [4.69, 9.17) is 14.2 Å². The largest absolute Gasteiger partial charge is 2.00 e. The summed E-state index contributed by atoms with van der Waals surface area (Å²) in [5.74, 6) is -4.39. The second-order valence-corrected chi connectivity index (χ2v) is 9.91. The number of carbonyl (C=O) groups is 2. The summed E-state index contributed by atoms with van der Waals surface area (Å²) < 4.78 is 16.6. The fraction of sp³-hybridized carbons (Fsp3) is 0.778. The second-order valence-electron chi connectivity index (χ2n) is 9.91. The SMILES string of the molecule is CCCCCCCC/C=C\CCCCCCC(C(=O)O)C1=C(O)C(=O)OC1C1COC(C)(C)O1.[Ca+2].[H-].[H-]. The zero-order valence-electron chi connectivity index (χ0n) is 23.9. The van der Waals surface area contributed by atoms with E-state index in [-0.39, 0.29) is 52.8 Å². The van der Waals surface area contributed by atoms with Crippen molar-refractivity contribution in [2.24, 2.45) is 5.92 Å². The van der Waals surface area contributed by atoms with E-state index in [9.17, 15) is 19.8 Å². The molecule has 3 unspecified atom stereocenters. The summed E-state index contributed by atoms with van der Waals surface area (Å²) in [5.41, 5.74) is 0.112. The molecular formula is C27H46CaO7. The van der Waals surface area contributed by atoms with E-state index in [0.29, 0.717) is 12.8 Å². The van der Waals surface area contributed by atoms with Crippen molar-refractivity contribution in [3.63, 3.8) is 0 Å². The molecule has 0 saturated carbocycles. The predicted molar refractivity (Wildman–Crippen MR) is 138 cm³/mol. The van der Waals surface area contributed by atoms with Gasteiger partial charge in [-0.3, -0.25) is 4.79 Å². The Morgan fingerprint density at radius 3 is 2.17 bits per heavy atom. The number of ether oxygens (including phenoxy) is 3. The Morgan fingerprint density at radius 1 is 1.06 bits per heavy atom. The van der Waals surface area contributed by atoms with Gasteiger partial charge in [0.1, 0.15) is 6.10 Å². The van der Waals surface area contributed by atoms with Gasteiger partial charge in [0.05, 0.1) is 12.5 Å². The minimum Gasteiger partial charge on any atom is -1.00 e. The zero-order valence-corrected chi connectivity index (χ0v) is 24.1. The maximum absolute atomic E-state index is 12.0. The van der Waals surface area contributed by atoms with Crippen LogP contribution in [0, 0.1) is 5.92 Å². The Kier molecular flexibility index (Phi) is 15.8. The van der Waals surface area contributed by atoms with E-state index >= 15 is 0 Å². The minimum absolute atomic E-state index is 0. The predicted octanol–water partition coefficient (Wildman–Crippen LogP) is 6.07. The third kappa shape index (κ3) is 11.1. The molecule has 2 heterocycles. The Labute approximate surface area is 243 Å². The van der Waals surface area contributed by atoms with Crippen LogP contribution in [0.25, 0.3) is 0 Å². The van der Waals surface area contributed by atoms with Crippen molar-refractivity contribution in [2.45, 2.75) is 122 Å². The monoisotopic (exact) mass is 522 g/mol. The van der Waals surface area contributed by atoms with E-state index in [0.717, 1.165) is 32.1 Å². The molecule has 198 valence electrons. The Hall–Kier alpha value is -0.600. The number of rotatable bonds is 17. The first-order chi connectivity index (χ1) is 16.3. The average molecular weight is 523 g/mol. The van der Waals surface area contributed by atoms with Crippen LogP contribution in [0.3, 0.4) is 0 Å². The molecule has 2 rings (SSSR count). The van der Waals surface area contributed by atoms with E-state index in [2.05, 4.69) is 19.1 Å². The molecule has 0 aromatic rings. The fourth-order valence-electron chi connectivity index (χ4n) is 4.65. The number of esters is 1. The number of aliphatic hydroxyl groups excluding tert-OH is 1. The number of unbranched alkanes of at least 4 members (excludes halogenated alkanes) is 10. The van der Waals surface area contributed by atoms with Gasteiger partial charge in [-0.25, -0.2) is 4.79 Å². The van der Waals surface area contributed by atoms with Gasteiger partial charge >= 0.3 is 49.7 Å². The molecule has 2 N–H and O–H groups in total. The van der Waals surface area contributed by atoms with Crippen LogP contribution in [0.4, 0.5) is 0 Å². The summed E-state index contributed by atoms with van der Waals surface area (Å²) in [4.78, 5) is 24.0. The van der Waals surface area contributed by atoms with Crippen molar-refractivity contribution >= 4 is 49.7 Å². The topological polar surface area (TPSA) is 102 Å². The summed E-state index contributed by atoms with van der Waals surface area (Å²) in [6, 6.07) is 0. The van der Waals surface area contributed by atoms with E-state index in [1.165, 1.54) is 38.5 Å². The number of cyclic esters (lactones) is 1. The molecule has 2 aliphatic heterocycles. The number of carboxylic acid groups (broad SMARTS) is 1. The van der Waals surface area contributed by atoms with Crippen LogP contribution in [-0.2, 0) is 23.8 Å². The molecule has 1 saturated heterocycles. The summed E-state index contributed by atoms with van der Waals surface area (Å²) >= 11 is 0. The normalized spacial score (nSPS) is 22.4. The average Bonchev–Trinajstić information content (AvgIpc) is 3.29. The van der Waals surface area contributed by atoms with Crippen LogP contribution in [0.1, 0.15) is 107 Å². The standard InChI is InChI=1S/C27H44O7.Ca.2H/c1-4-5-6-7-8-9-10-11-12-13-14-15-16-17-18-20(25(29)30)22-23(28)26(31)33-24(22)21-19-32-27(2,3)34-21;;;/h11-12,20-21,24,28H,4-10,13-19H2,1-3H3,(H,29,30);;;/q;+2;2*-1/b12-11-;;;. The van der Waals surface area contributed by atoms with Crippen LogP contribution in [-0.4, -0.2) is 84.5 Å². The molecule has 0 aromatic heterocycles. The third-order valence-electron chi connectivity index (χ3n) is 6.55. The van der Waals surface area contributed by atoms with Gasteiger partial charge in [-0.2, -0.15) is 0 Å². The van der Waals surface area contributed by atoms with Crippen molar-refractivity contribution in [1.82, 2.24) is 0 Å². The number of carboxylic acids is 1. The fourth-order valence-corrected chi connectivity index (χ4v) is 4.65. The molecule has 8 heteroatoms. The first kappa shape index (κ1) is 32.4. The molecule has 1 fully saturated rings. The Bertz CT molecular complexity index is 728. The molecule has 35 heavy (non-hydrogen) atoms. The minimum atomic E-state index is -1.07. The number of hydrogen-bond donors (Lipinski definition) is 2. The summed E-state index contributed by atoms with van der Waals surface area (Å²) in [6.45, 7) is 5.89. The molecule has 0 bridgehead atoms. The summed E-state index contributed by atoms with van der Waals surface area (Å²) in [6.07, 6.45) is 17.1. The molecule has 0 aromatic carbocycles. The maximum atomic E-state index is 12.0. The van der Waals surface area contributed by atoms with E-state index in [1.54, 1.807) is 13.8 Å². The summed E-state index contributed by atoms with van der Waals surface area (Å²) in [7, 11) is 0. The van der Waals surface area contributed by atoms with Crippen LogP contribution in [0.5, 0.6) is 0 Å². The second kappa shape index (κ2) is 17.0. The molecule has 0 radical (unpaired) electrons. The summed E-state index contributed by atoms with van der Waals surface area (Å²) in [5, 5.41) is 20.1. The van der Waals surface area contributed by atoms with Gasteiger partial charge in [-0.15, -0.1) is 0 Å². The molecule has 7 nitrogen and oxygen atoms in total. The van der Waals surface area contributed by atoms with Gasteiger partial charge in [-0.1, -0.05) is 70.4 Å². The van der Waals surface area contributed by atoms with Crippen LogP contribution < -0.4 is 0 Å². The van der Waals surface area contributed by atoms with Crippen molar-refractivity contribution in [2.75, 3.05) is 6.61 Å². The molecule has 0 aliphatic carbocycles. The Morgan fingerprint density at radius 2 is 1.63 bits per heavy atom. The van der Waals surface area contributed by atoms with Crippen molar-refractivity contribution in [1.29, 1.82) is 0 Å².